The second-order valence-electron chi connectivity index (χ2n) is 4.43. The maximum Gasteiger partial charge on any atom is 0.130 e. The van der Waals surface area contributed by atoms with Gasteiger partial charge in [0.2, 0.25) is 0 Å². The number of benzene rings is 1. The highest BCUT2D eigenvalue weighted by Crippen LogP contribution is 2.22. The van der Waals surface area contributed by atoms with E-state index in [-0.39, 0.29) is 5.78 Å². The molecule has 1 aromatic rings. The molecule has 0 aromatic heterocycles. The molecule has 17 heavy (non-hydrogen) atoms. The smallest absolute Gasteiger partial charge is 0.130 e. The summed E-state index contributed by atoms with van der Waals surface area (Å²) in [6, 6.07) is 8.36. The third-order valence-electron chi connectivity index (χ3n) is 3.09. The molecule has 0 spiro atoms. The molecule has 92 valence electrons. The van der Waals surface area contributed by atoms with E-state index >= 15 is 0 Å². The lowest BCUT2D eigenvalue weighted by Crippen LogP contribution is -2.36. The topological polar surface area (TPSA) is 29.5 Å². The zero-order valence-electron chi connectivity index (χ0n) is 10.3. The molecule has 1 heterocycles. The Bertz CT molecular complexity index is 384. The van der Waals surface area contributed by atoms with Crippen LogP contribution in [0.2, 0.25) is 0 Å². The number of hydrogen-bond acceptors (Lipinski definition) is 3. The number of rotatable bonds is 4. The van der Waals surface area contributed by atoms with Crippen LogP contribution in [0.15, 0.2) is 24.3 Å². The van der Waals surface area contributed by atoms with Crippen LogP contribution in [0.1, 0.15) is 18.9 Å². The van der Waals surface area contributed by atoms with Gasteiger partial charge in [-0.15, -0.1) is 0 Å². The van der Waals surface area contributed by atoms with Crippen LogP contribution in [0.4, 0.5) is 5.69 Å². The fraction of sp³-hybridized carbons (Fsp3) is 0.500. The lowest BCUT2D eigenvalue weighted by Gasteiger charge is -2.30. The molecular formula is C14H19NO2. The van der Waals surface area contributed by atoms with E-state index in [4.69, 9.17) is 4.74 Å². The first kappa shape index (κ1) is 12.1. The average molecular weight is 233 g/mol. The summed E-state index contributed by atoms with van der Waals surface area (Å²) in [5.74, 6) is 0.252. The normalized spacial score (nSPS) is 15.9. The number of hydrogen-bond donors (Lipinski definition) is 0. The van der Waals surface area contributed by atoms with E-state index in [1.54, 1.807) is 6.92 Å². The summed E-state index contributed by atoms with van der Waals surface area (Å²) in [6.45, 7) is 5.12. The molecule has 1 saturated heterocycles. The molecule has 0 amide bonds. The molecule has 3 heteroatoms. The van der Waals surface area contributed by atoms with Crippen molar-refractivity contribution in [3.05, 3.63) is 29.8 Å². The number of ether oxygens (including phenoxy) is 1. The standard InChI is InChI=1S/C14H19NO2/c1-12(16)6-7-13-4-2-3-5-14(13)15-8-10-17-11-9-15/h2-5H,6-11H2,1H3. The van der Waals surface area contributed by atoms with Gasteiger partial charge >= 0.3 is 0 Å². The number of para-hydroxylation sites is 1. The van der Waals surface area contributed by atoms with Gasteiger partial charge < -0.3 is 14.4 Å². The molecule has 0 unspecified atom stereocenters. The Morgan fingerprint density at radius 2 is 2.00 bits per heavy atom. The van der Waals surface area contributed by atoms with Gasteiger partial charge in [-0.2, -0.15) is 0 Å². The summed E-state index contributed by atoms with van der Waals surface area (Å²) in [5, 5.41) is 0. The Morgan fingerprint density at radius 1 is 1.29 bits per heavy atom. The number of morpholine rings is 1. The van der Waals surface area contributed by atoms with Crippen LogP contribution in [0.3, 0.4) is 0 Å². The molecule has 1 fully saturated rings. The van der Waals surface area contributed by atoms with Gasteiger partial charge in [0.1, 0.15) is 5.78 Å². The highest BCUT2D eigenvalue weighted by atomic mass is 16.5. The van der Waals surface area contributed by atoms with E-state index in [9.17, 15) is 4.79 Å². The number of nitrogens with zero attached hydrogens (tertiary/aromatic N) is 1. The van der Waals surface area contributed by atoms with Crippen LogP contribution < -0.4 is 4.90 Å². The van der Waals surface area contributed by atoms with E-state index in [0.29, 0.717) is 6.42 Å². The first-order valence-corrected chi connectivity index (χ1v) is 6.17. The zero-order chi connectivity index (χ0) is 12.1. The second-order valence-corrected chi connectivity index (χ2v) is 4.43. The van der Waals surface area contributed by atoms with E-state index in [1.165, 1.54) is 11.3 Å². The number of carbonyl (C=O) groups excluding carboxylic acids is 1. The third-order valence-corrected chi connectivity index (χ3v) is 3.09. The number of anilines is 1. The summed E-state index contributed by atoms with van der Waals surface area (Å²) in [5.41, 5.74) is 2.53. The first-order chi connectivity index (χ1) is 8.27. The van der Waals surface area contributed by atoms with E-state index < -0.39 is 0 Å². The highest BCUT2D eigenvalue weighted by molar-refractivity contribution is 5.76. The monoisotopic (exact) mass is 233 g/mol. The molecule has 0 saturated carbocycles. The van der Waals surface area contributed by atoms with E-state index in [1.807, 2.05) is 6.07 Å². The molecule has 0 atom stereocenters. The molecular weight excluding hydrogens is 214 g/mol. The molecule has 2 rings (SSSR count). The van der Waals surface area contributed by atoms with Gasteiger partial charge in [-0.25, -0.2) is 0 Å². The van der Waals surface area contributed by atoms with Gasteiger partial charge in [-0.3, -0.25) is 0 Å². The van der Waals surface area contributed by atoms with Crippen molar-refractivity contribution in [3.63, 3.8) is 0 Å². The second kappa shape index (κ2) is 5.82. The number of Topliss-reactive ketones (excluding diaryl/α,β-unsaturated/α-hetero) is 1. The number of ketones is 1. The fourth-order valence-corrected chi connectivity index (χ4v) is 2.15. The Labute approximate surface area is 102 Å². The van der Waals surface area contributed by atoms with E-state index in [0.717, 1.165) is 32.7 Å². The number of carbonyl (C=O) groups is 1. The minimum absolute atomic E-state index is 0.252. The van der Waals surface area contributed by atoms with E-state index in [2.05, 4.69) is 23.1 Å². The summed E-state index contributed by atoms with van der Waals surface area (Å²) < 4.78 is 5.36. The predicted octanol–water partition coefficient (Wildman–Crippen LogP) is 2.04. The molecule has 1 aliphatic heterocycles. The van der Waals surface area contributed by atoms with Crippen LogP contribution >= 0.6 is 0 Å². The maximum atomic E-state index is 11.1. The van der Waals surface area contributed by atoms with Crippen molar-refractivity contribution in [2.45, 2.75) is 19.8 Å². The molecule has 0 bridgehead atoms. The minimum atomic E-state index is 0.252. The summed E-state index contributed by atoms with van der Waals surface area (Å²) in [7, 11) is 0. The van der Waals surface area contributed by atoms with Crippen LogP contribution in [0, 0.1) is 0 Å². The summed E-state index contributed by atoms with van der Waals surface area (Å²) in [4.78, 5) is 13.4. The number of aryl methyl sites for hydroxylation is 1. The summed E-state index contributed by atoms with van der Waals surface area (Å²) in [6.07, 6.45) is 1.46. The van der Waals surface area contributed by atoms with Crippen LogP contribution in [-0.4, -0.2) is 32.1 Å². The molecule has 0 radical (unpaired) electrons. The Morgan fingerprint density at radius 3 is 2.71 bits per heavy atom. The average Bonchev–Trinajstić information content (AvgIpc) is 2.38. The third kappa shape index (κ3) is 3.30. The van der Waals surface area contributed by atoms with Gasteiger partial charge in [-0.05, 0) is 25.0 Å². The van der Waals surface area contributed by atoms with Gasteiger partial charge in [-0.1, -0.05) is 18.2 Å². The van der Waals surface area contributed by atoms with Crippen molar-refractivity contribution in [3.8, 4) is 0 Å². The Kier molecular flexibility index (Phi) is 4.15. The van der Waals surface area contributed by atoms with Gasteiger partial charge in [0, 0.05) is 25.2 Å². The lowest BCUT2D eigenvalue weighted by molar-refractivity contribution is -0.116. The Balaban J connectivity index is 2.11. The van der Waals surface area contributed by atoms with Crippen molar-refractivity contribution in [2.24, 2.45) is 0 Å². The van der Waals surface area contributed by atoms with Crippen molar-refractivity contribution < 1.29 is 9.53 Å². The first-order valence-electron chi connectivity index (χ1n) is 6.17. The van der Waals surface area contributed by atoms with Gasteiger partial charge in [0.05, 0.1) is 13.2 Å². The Hall–Kier alpha value is -1.35. The molecule has 3 nitrogen and oxygen atoms in total. The largest absolute Gasteiger partial charge is 0.378 e. The predicted molar refractivity (Wildman–Crippen MR) is 68.5 cm³/mol. The van der Waals surface area contributed by atoms with Crippen molar-refractivity contribution >= 4 is 11.5 Å². The van der Waals surface area contributed by atoms with Crippen molar-refractivity contribution in [2.75, 3.05) is 31.2 Å². The highest BCUT2D eigenvalue weighted by Gasteiger charge is 2.14. The lowest BCUT2D eigenvalue weighted by atomic mass is 10.0. The maximum absolute atomic E-state index is 11.1. The molecule has 0 aliphatic carbocycles. The van der Waals surface area contributed by atoms with Gasteiger partial charge in [0.15, 0.2) is 0 Å². The summed E-state index contributed by atoms with van der Waals surface area (Å²) >= 11 is 0. The molecule has 1 aliphatic rings. The van der Waals surface area contributed by atoms with Crippen molar-refractivity contribution in [1.82, 2.24) is 0 Å². The molecule has 0 N–H and O–H groups in total. The van der Waals surface area contributed by atoms with Crippen LogP contribution in [-0.2, 0) is 16.0 Å². The molecule has 1 aromatic carbocycles. The van der Waals surface area contributed by atoms with Crippen LogP contribution in [0.5, 0.6) is 0 Å². The fourth-order valence-electron chi connectivity index (χ4n) is 2.15. The van der Waals surface area contributed by atoms with Gasteiger partial charge in [0.25, 0.3) is 0 Å². The quantitative estimate of drug-likeness (QED) is 0.797. The zero-order valence-corrected chi connectivity index (χ0v) is 10.3. The van der Waals surface area contributed by atoms with Crippen LogP contribution in [0.25, 0.3) is 0 Å². The SMILES string of the molecule is CC(=O)CCc1ccccc1N1CCOCC1. The van der Waals surface area contributed by atoms with Crippen molar-refractivity contribution in [1.29, 1.82) is 0 Å². The minimum Gasteiger partial charge on any atom is -0.378 e.